The maximum atomic E-state index is 11.9. The monoisotopic (exact) mass is 312 g/mol. The number of anilines is 2. The molecule has 8 heteroatoms. The van der Waals surface area contributed by atoms with Gasteiger partial charge in [-0.3, -0.25) is 0 Å². The van der Waals surface area contributed by atoms with Gasteiger partial charge in [-0.15, -0.1) is 11.3 Å². The summed E-state index contributed by atoms with van der Waals surface area (Å²) in [4.78, 5) is 19.3. The van der Waals surface area contributed by atoms with Crippen LogP contribution in [0.4, 0.5) is 10.8 Å². The molecular weight excluding hydrogens is 296 g/mol. The van der Waals surface area contributed by atoms with E-state index in [1.807, 2.05) is 24.4 Å². The Kier molecular flexibility index (Phi) is 4.56. The molecule has 0 radical (unpaired) electrons. The zero-order chi connectivity index (χ0) is 14.7. The molecule has 0 bridgehead atoms. The molecule has 0 aliphatic heterocycles. The molecule has 0 atom stereocenters. The Morgan fingerprint density at radius 3 is 2.90 bits per heavy atom. The number of esters is 1. The van der Waals surface area contributed by atoms with Crippen molar-refractivity contribution in [3.05, 3.63) is 21.6 Å². The fourth-order valence-corrected chi connectivity index (χ4v) is 3.30. The van der Waals surface area contributed by atoms with Crippen molar-refractivity contribution >= 4 is 39.7 Å². The molecule has 0 fully saturated rings. The lowest BCUT2D eigenvalue weighted by molar-refractivity contribution is 0.0528. The van der Waals surface area contributed by atoms with Gasteiger partial charge in [-0.2, -0.15) is 4.37 Å². The van der Waals surface area contributed by atoms with Crippen LogP contribution in [0.3, 0.4) is 0 Å². The van der Waals surface area contributed by atoms with Crippen molar-refractivity contribution in [3.8, 4) is 0 Å². The summed E-state index contributed by atoms with van der Waals surface area (Å²) < 4.78 is 9.09. The number of aromatic nitrogens is 2. The highest BCUT2D eigenvalue weighted by molar-refractivity contribution is 7.11. The van der Waals surface area contributed by atoms with E-state index in [2.05, 4.69) is 9.36 Å². The lowest BCUT2D eigenvalue weighted by Gasteiger charge is -2.17. The molecular formula is C12H16N4O2S2. The van der Waals surface area contributed by atoms with E-state index in [-0.39, 0.29) is 5.82 Å². The van der Waals surface area contributed by atoms with Gasteiger partial charge in [0, 0.05) is 11.9 Å². The number of aryl methyl sites for hydroxylation is 1. The standard InChI is InChI=1S/C12H16N4O2S2/c1-4-18-12(17)9-10(13)15-20-11(9)16(3)5-8-7(2)14-6-19-8/h6H,4-5H2,1-3H3,(H2,13,15). The highest BCUT2D eigenvalue weighted by Gasteiger charge is 2.23. The number of nitrogens with two attached hydrogens (primary N) is 1. The van der Waals surface area contributed by atoms with Gasteiger partial charge in [0.2, 0.25) is 0 Å². The number of carbonyl (C=O) groups is 1. The molecule has 108 valence electrons. The number of hydrogen-bond donors (Lipinski definition) is 1. The van der Waals surface area contributed by atoms with Crippen molar-refractivity contribution in [3.63, 3.8) is 0 Å². The normalized spacial score (nSPS) is 10.6. The predicted octanol–water partition coefficient (Wildman–Crippen LogP) is 2.30. The first-order chi connectivity index (χ1) is 9.54. The van der Waals surface area contributed by atoms with Gasteiger partial charge in [-0.1, -0.05) is 0 Å². The van der Waals surface area contributed by atoms with E-state index in [0.29, 0.717) is 23.7 Å². The predicted molar refractivity (Wildman–Crippen MR) is 81.4 cm³/mol. The lowest BCUT2D eigenvalue weighted by Crippen LogP contribution is -2.19. The smallest absolute Gasteiger partial charge is 0.345 e. The Morgan fingerprint density at radius 2 is 2.30 bits per heavy atom. The fraction of sp³-hybridized carbons (Fsp3) is 0.417. The second-order valence-electron chi connectivity index (χ2n) is 4.19. The maximum Gasteiger partial charge on any atom is 0.345 e. The summed E-state index contributed by atoms with van der Waals surface area (Å²) in [5.41, 5.74) is 8.93. The molecule has 6 nitrogen and oxygen atoms in total. The van der Waals surface area contributed by atoms with E-state index >= 15 is 0 Å². The number of nitrogens with zero attached hydrogens (tertiary/aromatic N) is 3. The van der Waals surface area contributed by atoms with E-state index in [1.54, 1.807) is 18.3 Å². The van der Waals surface area contributed by atoms with Crippen LogP contribution in [0.15, 0.2) is 5.51 Å². The van der Waals surface area contributed by atoms with E-state index < -0.39 is 5.97 Å². The third-order valence-electron chi connectivity index (χ3n) is 2.75. The molecule has 2 aromatic rings. The fourth-order valence-electron chi connectivity index (χ4n) is 1.71. The molecule has 0 aromatic carbocycles. The average molecular weight is 312 g/mol. The van der Waals surface area contributed by atoms with Gasteiger partial charge < -0.3 is 15.4 Å². The summed E-state index contributed by atoms with van der Waals surface area (Å²) in [5.74, 6) is -0.210. The second-order valence-corrected chi connectivity index (χ2v) is 5.88. The minimum atomic E-state index is -0.429. The Hall–Kier alpha value is -1.67. The third-order valence-corrected chi connectivity index (χ3v) is 4.65. The van der Waals surface area contributed by atoms with Crippen LogP contribution >= 0.6 is 22.9 Å². The van der Waals surface area contributed by atoms with Gasteiger partial charge in [-0.25, -0.2) is 9.78 Å². The van der Waals surface area contributed by atoms with Crippen LogP contribution < -0.4 is 10.6 Å². The van der Waals surface area contributed by atoms with Crippen molar-refractivity contribution in [2.75, 3.05) is 24.3 Å². The number of ether oxygens (including phenoxy) is 1. The summed E-state index contributed by atoms with van der Waals surface area (Å²) in [5, 5.41) is 0.716. The van der Waals surface area contributed by atoms with Crippen molar-refractivity contribution in [2.24, 2.45) is 0 Å². The molecule has 20 heavy (non-hydrogen) atoms. The van der Waals surface area contributed by atoms with Gasteiger partial charge in [0.05, 0.1) is 24.4 Å². The SMILES string of the molecule is CCOC(=O)c1c(N)nsc1N(C)Cc1scnc1C. The van der Waals surface area contributed by atoms with Gasteiger partial charge >= 0.3 is 5.97 Å². The van der Waals surface area contributed by atoms with Gasteiger partial charge in [0.1, 0.15) is 10.6 Å². The first kappa shape index (κ1) is 14.7. The number of rotatable bonds is 5. The summed E-state index contributed by atoms with van der Waals surface area (Å²) in [6.45, 7) is 4.70. The third kappa shape index (κ3) is 2.91. The second kappa shape index (κ2) is 6.19. The molecule has 0 unspecified atom stereocenters. The maximum absolute atomic E-state index is 11.9. The van der Waals surface area contributed by atoms with Crippen molar-refractivity contribution in [2.45, 2.75) is 20.4 Å². The van der Waals surface area contributed by atoms with Gasteiger partial charge in [-0.05, 0) is 25.4 Å². The van der Waals surface area contributed by atoms with Crippen LogP contribution in [0.1, 0.15) is 27.9 Å². The van der Waals surface area contributed by atoms with Crippen LogP contribution in [0, 0.1) is 6.92 Å². The van der Waals surface area contributed by atoms with E-state index in [4.69, 9.17) is 10.5 Å². The average Bonchev–Trinajstić information content (AvgIpc) is 2.96. The minimum Gasteiger partial charge on any atom is -0.462 e. The summed E-state index contributed by atoms with van der Waals surface area (Å²) >= 11 is 2.79. The van der Waals surface area contributed by atoms with Crippen LogP contribution in [0.5, 0.6) is 0 Å². The molecule has 2 rings (SSSR count). The minimum absolute atomic E-state index is 0.219. The largest absolute Gasteiger partial charge is 0.462 e. The van der Waals surface area contributed by atoms with E-state index in [0.717, 1.165) is 10.6 Å². The highest BCUT2D eigenvalue weighted by atomic mass is 32.1. The Labute approximate surface area is 125 Å². The van der Waals surface area contributed by atoms with Crippen LogP contribution in [-0.2, 0) is 11.3 Å². The van der Waals surface area contributed by atoms with Crippen molar-refractivity contribution in [1.82, 2.24) is 9.36 Å². The first-order valence-electron chi connectivity index (χ1n) is 6.07. The quantitative estimate of drug-likeness (QED) is 0.853. The molecule has 2 aromatic heterocycles. The lowest BCUT2D eigenvalue weighted by atomic mass is 10.3. The number of hydrogen-bond acceptors (Lipinski definition) is 8. The number of nitrogen functional groups attached to an aromatic ring is 1. The molecule has 0 aliphatic carbocycles. The van der Waals surface area contributed by atoms with Gasteiger partial charge in [0.25, 0.3) is 0 Å². The molecule has 0 aliphatic rings. The van der Waals surface area contributed by atoms with Crippen molar-refractivity contribution in [1.29, 1.82) is 0 Å². The van der Waals surface area contributed by atoms with Crippen molar-refractivity contribution < 1.29 is 9.53 Å². The molecule has 0 saturated carbocycles. The number of thiazole rings is 1. The number of carbonyl (C=O) groups excluding carboxylic acids is 1. The summed E-state index contributed by atoms with van der Waals surface area (Å²) in [6.07, 6.45) is 0. The summed E-state index contributed by atoms with van der Waals surface area (Å²) in [7, 11) is 1.90. The van der Waals surface area contributed by atoms with Crippen LogP contribution in [-0.4, -0.2) is 29.0 Å². The molecule has 2 N–H and O–H groups in total. The highest BCUT2D eigenvalue weighted by Crippen LogP contribution is 2.32. The van der Waals surface area contributed by atoms with E-state index in [1.165, 1.54) is 11.5 Å². The van der Waals surface area contributed by atoms with Crippen LogP contribution in [0.25, 0.3) is 0 Å². The Balaban J connectivity index is 2.24. The summed E-state index contributed by atoms with van der Waals surface area (Å²) in [6, 6.07) is 0. The molecule has 0 spiro atoms. The first-order valence-corrected chi connectivity index (χ1v) is 7.72. The Bertz CT molecular complexity index is 608. The Morgan fingerprint density at radius 1 is 1.55 bits per heavy atom. The molecule has 2 heterocycles. The topological polar surface area (TPSA) is 81.3 Å². The van der Waals surface area contributed by atoms with E-state index in [9.17, 15) is 4.79 Å². The van der Waals surface area contributed by atoms with Crippen LogP contribution in [0.2, 0.25) is 0 Å². The molecule has 0 saturated heterocycles. The van der Waals surface area contributed by atoms with Gasteiger partial charge in [0.15, 0.2) is 5.82 Å². The molecule has 0 amide bonds. The zero-order valence-corrected chi connectivity index (χ0v) is 13.2. The zero-order valence-electron chi connectivity index (χ0n) is 11.5.